The van der Waals surface area contributed by atoms with E-state index in [9.17, 15) is 0 Å². The summed E-state index contributed by atoms with van der Waals surface area (Å²) in [5.41, 5.74) is 9.53. The molecule has 2 aliphatic rings. The number of likely N-dealkylation sites (tertiary alicyclic amines) is 2. The fourth-order valence-corrected chi connectivity index (χ4v) is 6.63. The van der Waals surface area contributed by atoms with E-state index in [4.69, 9.17) is 15.5 Å². The van der Waals surface area contributed by atoms with Gasteiger partial charge in [-0.2, -0.15) is 0 Å². The number of nitrogen functional groups attached to an aromatic ring is 1. The lowest BCUT2D eigenvalue weighted by atomic mass is 9.97. The monoisotopic (exact) mass is 524 g/mol. The first kappa shape index (κ1) is 25.8. The first-order chi connectivity index (χ1) is 19.1. The Balaban J connectivity index is 1.21. The van der Waals surface area contributed by atoms with Crippen LogP contribution in [0.15, 0.2) is 67.1 Å². The number of benzene rings is 2. The van der Waals surface area contributed by atoms with Gasteiger partial charge in [0.15, 0.2) is 0 Å². The summed E-state index contributed by atoms with van der Waals surface area (Å²) in [5.74, 6) is 2.16. The van der Waals surface area contributed by atoms with Gasteiger partial charge in [0.25, 0.3) is 0 Å². The fourth-order valence-electron chi connectivity index (χ4n) is 6.63. The molecule has 2 unspecified atom stereocenters. The van der Waals surface area contributed by atoms with Crippen molar-refractivity contribution in [3.8, 4) is 22.6 Å². The molecule has 204 valence electrons. The average molecular weight is 525 g/mol. The van der Waals surface area contributed by atoms with Gasteiger partial charge in [-0.15, -0.1) is 0 Å². The van der Waals surface area contributed by atoms with Gasteiger partial charge in [-0.25, -0.2) is 9.97 Å². The van der Waals surface area contributed by atoms with Crippen LogP contribution in [0.5, 0.6) is 11.5 Å². The molecule has 7 nitrogen and oxygen atoms in total. The predicted molar refractivity (Wildman–Crippen MR) is 158 cm³/mol. The van der Waals surface area contributed by atoms with Gasteiger partial charge in [0, 0.05) is 43.0 Å². The third-order valence-electron chi connectivity index (χ3n) is 8.88. The van der Waals surface area contributed by atoms with Crippen LogP contribution >= 0.6 is 0 Å². The minimum atomic E-state index is 0.402. The van der Waals surface area contributed by atoms with E-state index in [0.717, 1.165) is 65.6 Å². The maximum absolute atomic E-state index is 6.44. The highest BCUT2D eigenvalue weighted by atomic mass is 16.5. The number of fused-ring (bicyclic) bond motifs is 1. The van der Waals surface area contributed by atoms with E-state index >= 15 is 0 Å². The molecule has 2 aromatic heterocycles. The summed E-state index contributed by atoms with van der Waals surface area (Å²) in [6.45, 7) is 5.86. The van der Waals surface area contributed by atoms with Crippen molar-refractivity contribution in [2.45, 2.75) is 63.6 Å². The Labute approximate surface area is 231 Å². The van der Waals surface area contributed by atoms with Gasteiger partial charge in [0.2, 0.25) is 0 Å². The number of aromatic nitrogens is 3. The largest absolute Gasteiger partial charge is 0.457 e. The van der Waals surface area contributed by atoms with Crippen LogP contribution in [0.4, 0.5) is 5.82 Å². The standard InChI is InChI=1S/C32H40N6O/c1-3-24(20-26-8-7-17-36(26)2)37-18-15-25(16-19-37)38-21-29(30-31(33)34-22-35-32(30)38)23-11-13-28(14-12-23)39-27-9-5-4-6-10-27/h4-6,9-14,21-22,24-26H,3,7-8,15-20H2,1-2H3,(H2,33,34,35). The van der Waals surface area contributed by atoms with E-state index in [-0.39, 0.29) is 0 Å². The highest BCUT2D eigenvalue weighted by molar-refractivity contribution is 6.00. The Morgan fingerprint density at radius 1 is 0.949 bits per heavy atom. The molecular weight excluding hydrogens is 484 g/mol. The zero-order chi connectivity index (χ0) is 26.8. The molecule has 2 aliphatic heterocycles. The molecule has 0 aliphatic carbocycles. The first-order valence-corrected chi connectivity index (χ1v) is 14.5. The van der Waals surface area contributed by atoms with Crippen LogP contribution < -0.4 is 10.5 Å². The summed E-state index contributed by atoms with van der Waals surface area (Å²) in [7, 11) is 2.29. The van der Waals surface area contributed by atoms with Gasteiger partial charge in [-0.05, 0) is 81.9 Å². The van der Waals surface area contributed by atoms with Crippen LogP contribution in [-0.2, 0) is 0 Å². The number of anilines is 1. The summed E-state index contributed by atoms with van der Waals surface area (Å²) in [6.07, 6.45) is 11.3. The summed E-state index contributed by atoms with van der Waals surface area (Å²) >= 11 is 0. The van der Waals surface area contributed by atoms with E-state index in [1.54, 1.807) is 6.33 Å². The van der Waals surface area contributed by atoms with E-state index in [2.05, 4.69) is 51.7 Å². The summed E-state index contributed by atoms with van der Waals surface area (Å²) in [5, 5.41) is 0.937. The van der Waals surface area contributed by atoms with Gasteiger partial charge < -0.3 is 24.8 Å². The Bertz CT molecular complexity index is 1380. The van der Waals surface area contributed by atoms with E-state index in [1.807, 2.05) is 42.5 Å². The lowest BCUT2D eigenvalue weighted by Crippen LogP contribution is -2.44. The molecule has 0 saturated carbocycles. The fraction of sp³-hybridized carbons (Fsp3) is 0.438. The van der Waals surface area contributed by atoms with Crippen LogP contribution in [0.3, 0.4) is 0 Å². The maximum atomic E-state index is 6.44. The molecule has 0 radical (unpaired) electrons. The summed E-state index contributed by atoms with van der Waals surface area (Å²) in [4.78, 5) is 14.4. The van der Waals surface area contributed by atoms with E-state index in [0.29, 0.717) is 17.9 Å². The number of hydrogen-bond acceptors (Lipinski definition) is 6. The molecule has 2 saturated heterocycles. The number of nitrogens with two attached hydrogens (primary N) is 1. The van der Waals surface area contributed by atoms with Gasteiger partial charge in [-0.3, -0.25) is 0 Å². The van der Waals surface area contributed by atoms with Crippen molar-refractivity contribution in [1.29, 1.82) is 0 Å². The Hall–Kier alpha value is -3.42. The third-order valence-corrected chi connectivity index (χ3v) is 8.88. The van der Waals surface area contributed by atoms with Crippen molar-refractivity contribution < 1.29 is 4.74 Å². The number of hydrogen-bond donors (Lipinski definition) is 1. The van der Waals surface area contributed by atoms with Crippen LogP contribution in [0.1, 0.15) is 51.5 Å². The van der Waals surface area contributed by atoms with Crippen LogP contribution in [0.25, 0.3) is 22.2 Å². The number of nitrogens with zero attached hydrogens (tertiary/aromatic N) is 5. The molecule has 7 heteroatoms. The molecule has 4 heterocycles. The Morgan fingerprint density at radius 3 is 2.38 bits per heavy atom. The van der Waals surface area contributed by atoms with Gasteiger partial charge in [0.05, 0.1) is 5.39 Å². The van der Waals surface area contributed by atoms with Crippen molar-refractivity contribution in [3.63, 3.8) is 0 Å². The van der Waals surface area contributed by atoms with Gasteiger partial charge in [-0.1, -0.05) is 37.3 Å². The van der Waals surface area contributed by atoms with Crippen molar-refractivity contribution in [2.24, 2.45) is 0 Å². The molecule has 2 fully saturated rings. The topological polar surface area (TPSA) is 72.4 Å². The molecular formula is C32H40N6O. The lowest BCUT2D eigenvalue weighted by molar-refractivity contribution is 0.108. The summed E-state index contributed by atoms with van der Waals surface area (Å²) in [6, 6.07) is 19.9. The normalized spacial score (nSPS) is 20.0. The molecule has 0 bridgehead atoms. The number of piperidine rings is 1. The molecule has 4 aromatic rings. The smallest absolute Gasteiger partial charge is 0.146 e. The molecule has 2 aromatic carbocycles. The minimum absolute atomic E-state index is 0.402. The second-order valence-electron chi connectivity index (χ2n) is 11.2. The van der Waals surface area contributed by atoms with Crippen LogP contribution in [0.2, 0.25) is 0 Å². The molecule has 0 spiro atoms. The lowest BCUT2D eigenvalue weighted by Gasteiger charge is -2.39. The van der Waals surface area contributed by atoms with E-state index in [1.165, 1.54) is 32.2 Å². The zero-order valence-corrected chi connectivity index (χ0v) is 23.2. The molecule has 2 N–H and O–H groups in total. The Kier molecular flexibility index (Phi) is 7.53. The number of ether oxygens (including phenoxy) is 1. The van der Waals surface area contributed by atoms with Crippen LogP contribution in [-0.4, -0.2) is 63.1 Å². The molecule has 0 amide bonds. The second-order valence-corrected chi connectivity index (χ2v) is 11.2. The summed E-state index contributed by atoms with van der Waals surface area (Å²) < 4.78 is 8.37. The second kappa shape index (κ2) is 11.4. The first-order valence-electron chi connectivity index (χ1n) is 14.5. The van der Waals surface area contributed by atoms with Crippen molar-refractivity contribution in [2.75, 3.05) is 32.4 Å². The third kappa shape index (κ3) is 5.38. The highest BCUT2D eigenvalue weighted by Gasteiger charge is 2.30. The van der Waals surface area contributed by atoms with Gasteiger partial charge in [0.1, 0.15) is 29.3 Å². The molecule has 39 heavy (non-hydrogen) atoms. The van der Waals surface area contributed by atoms with Crippen molar-refractivity contribution in [3.05, 3.63) is 67.1 Å². The number of para-hydroxylation sites is 1. The minimum Gasteiger partial charge on any atom is -0.457 e. The average Bonchev–Trinajstić information content (AvgIpc) is 3.57. The number of rotatable bonds is 8. The van der Waals surface area contributed by atoms with Crippen molar-refractivity contribution in [1.82, 2.24) is 24.3 Å². The Morgan fingerprint density at radius 2 is 1.69 bits per heavy atom. The molecule has 2 atom stereocenters. The quantitative estimate of drug-likeness (QED) is 0.289. The maximum Gasteiger partial charge on any atom is 0.146 e. The van der Waals surface area contributed by atoms with Crippen molar-refractivity contribution >= 4 is 16.9 Å². The predicted octanol–water partition coefficient (Wildman–Crippen LogP) is 6.37. The van der Waals surface area contributed by atoms with E-state index < -0.39 is 0 Å². The van der Waals surface area contributed by atoms with Gasteiger partial charge >= 0.3 is 0 Å². The SMILES string of the molecule is CCC(CC1CCCN1C)N1CCC(n2cc(-c3ccc(Oc4ccccc4)cc3)c3c(N)ncnc32)CC1. The molecule has 6 rings (SSSR count). The van der Waals surface area contributed by atoms with Crippen LogP contribution in [0, 0.1) is 0 Å². The highest BCUT2D eigenvalue weighted by Crippen LogP contribution is 2.38. The zero-order valence-electron chi connectivity index (χ0n) is 23.2.